The number of Topliss-reactive ketones (excluding diaryl/α,β-unsaturated/α-hetero) is 1. The Hall–Kier alpha value is -3.19. The summed E-state index contributed by atoms with van der Waals surface area (Å²) >= 11 is 0. The zero-order valence-corrected chi connectivity index (χ0v) is 19.0. The maximum Gasteiger partial charge on any atom is 0.334 e. The topological polar surface area (TPSA) is 101 Å². The van der Waals surface area contributed by atoms with E-state index in [2.05, 4.69) is 5.32 Å². The maximum absolute atomic E-state index is 13.1. The lowest BCUT2D eigenvalue weighted by Gasteiger charge is -2.39. The van der Waals surface area contributed by atoms with Crippen LogP contribution in [0.4, 0.5) is 0 Å². The number of carboxylic acid groups (broad SMARTS) is 1. The standard InChI is InChI=1S/C25H25NO5S/c1-15-21(24(28)29)22(23-19(26-15)13-25(2,3)14-20(23)27)16-9-11-18(12-10-16)32(30,31)17-7-5-4-6-8-17/h4-12,22,26H,13-14H2,1-3H3,(H,28,29). The minimum atomic E-state index is -3.70. The van der Waals surface area contributed by atoms with Crippen molar-refractivity contribution in [3.8, 4) is 0 Å². The lowest BCUT2D eigenvalue weighted by atomic mass is 9.68. The van der Waals surface area contributed by atoms with Gasteiger partial charge in [-0.1, -0.05) is 44.2 Å². The van der Waals surface area contributed by atoms with Gasteiger partial charge in [-0.15, -0.1) is 0 Å². The molecule has 1 heterocycles. The molecule has 2 N–H and O–H groups in total. The molecule has 6 nitrogen and oxygen atoms in total. The summed E-state index contributed by atoms with van der Waals surface area (Å²) in [5.74, 6) is -1.94. The van der Waals surface area contributed by atoms with Crippen molar-refractivity contribution in [1.82, 2.24) is 5.32 Å². The molecule has 1 atom stereocenters. The Bertz CT molecular complexity index is 1270. The summed E-state index contributed by atoms with van der Waals surface area (Å²) in [4.78, 5) is 25.5. The van der Waals surface area contributed by atoms with Crippen LogP contribution < -0.4 is 5.32 Å². The second-order valence-corrected chi connectivity index (χ2v) is 11.1. The molecule has 0 spiro atoms. The van der Waals surface area contributed by atoms with Gasteiger partial charge in [0.05, 0.1) is 15.4 Å². The Morgan fingerprint density at radius 3 is 2.19 bits per heavy atom. The Balaban J connectivity index is 1.81. The number of allylic oxidation sites excluding steroid dienone is 3. The monoisotopic (exact) mass is 451 g/mol. The molecule has 1 aliphatic heterocycles. The van der Waals surface area contributed by atoms with Gasteiger partial charge in [0.1, 0.15) is 0 Å². The molecule has 0 fully saturated rings. The number of hydrogen-bond donors (Lipinski definition) is 2. The van der Waals surface area contributed by atoms with E-state index >= 15 is 0 Å². The highest BCUT2D eigenvalue weighted by Crippen LogP contribution is 2.46. The van der Waals surface area contributed by atoms with Crippen molar-refractivity contribution in [3.05, 3.63) is 82.7 Å². The first-order valence-electron chi connectivity index (χ1n) is 10.4. The number of nitrogens with one attached hydrogen (secondary N) is 1. The second-order valence-electron chi connectivity index (χ2n) is 9.12. The van der Waals surface area contributed by atoms with Crippen LogP contribution in [0.15, 0.2) is 86.9 Å². The lowest BCUT2D eigenvalue weighted by molar-refractivity contribution is -0.133. The smallest absolute Gasteiger partial charge is 0.334 e. The summed E-state index contributed by atoms with van der Waals surface area (Å²) in [5.41, 5.74) is 2.17. The molecular weight excluding hydrogens is 426 g/mol. The van der Waals surface area contributed by atoms with Crippen LogP contribution in [0.25, 0.3) is 0 Å². The number of carbonyl (C=O) groups excluding carboxylic acids is 1. The molecule has 2 aromatic carbocycles. The summed E-state index contributed by atoms with van der Waals surface area (Å²) in [6.07, 6.45) is 0.964. The molecule has 1 unspecified atom stereocenters. The van der Waals surface area contributed by atoms with Crippen LogP contribution in [0.3, 0.4) is 0 Å². The number of aliphatic carboxylic acids is 1. The van der Waals surface area contributed by atoms with Crippen molar-refractivity contribution in [1.29, 1.82) is 0 Å². The van der Waals surface area contributed by atoms with E-state index in [1.165, 1.54) is 24.3 Å². The number of carbonyl (C=O) groups is 2. The van der Waals surface area contributed by atoms with E-state index in [0.29, 0.717) is 29.7 Å². The quantitative estimate of drug-likeness (QED) is 0.722. The first-order chi connectivity index (χ1) is 15.0. The summed E-state index contributed by atoms with van der Waals surface area (Å²) in [6.45, 7) is 5.72. The molecule has 4 rings (SSSR count). The van der Waals surface area contributed by atoms with Gasteiger partial charge in [-0.05, 0) is 48.6 Å². The van der Waals surface area contributed by atoms with Crippen LogP contribution in [0.5, 0.6) is 0 Å². The number of carboxylic acids is 1. The number of hydrogen-bond acceptors (Lipinski definition) is 5. The Morgan fingerprint density at radius 1 is 1.00 bits per heavy atom. The number of rotatable bonds is 4. The third-order valence-electron chi connectivity index (χ3n) is 6.05. The fraction of sp³-hybridized carbons (Fsp3) is 0.280. The average Bonchev–Trinajstić information content (AvgIpc) is 2.72. The van der Waals surface area contributed by atoms with Gasteiger partial charge in [0.15, 0.2) is 5.78 Å². The van der Waals surface area contributed by atoms with Crippen LogP contribution in [0.2, 0.25) is 0 Å². The fourth-order valence-electron chi connectivity index (χ4n) is 4.63. The molecule has 0 bridgehead atoms. The highest BCUT2D eigenvalue weighted by molar-refractivity contribution is 7.91. The predicted octanol–water partition coefficient (Wildman–Crippen LogP) is 4.21. The normalized spacial score (nSPS) is 20.6. The van der Waals surface area contributed by atoms with Crippen molar-refractivity contribution < 1.29 is 23.1 Å². The lowest BCUT2D eigenvalue weighted by Crippen LogP contribution is -2.38. The van der Waals surface area contributed by atoms with Gasteiger partial charge in [-0.3, -0.25) is 4.79 Å². The minimum absolute atomic E-state index is 0.0824. The van der Waals surface area contributed by atoms with Gasteiger partial charge in [0.25, 0.3) is 0 Å². The third-order valence-corrected chi connectivity index (χ3v) is 7.83. The van der Waals surface area contributed by atoms with Crippen LogP contribution in [-0.4, -0.2) is 25.3 Å². The van der Waals surface area contributed by atoms with Crippen molar-refractivity contribution in [2.45, 2.75) is 49.3 Å². The van der Waals surface area contributed by atoms with E-state index in [9.17, 15) is 23.1 Å². The van der Waals surface area contributed by atoms with Gasteiger partial charge in [0, 0.05) is 29.3 Å². The number of ketones is 1. The summed E-state index contributed by atoms with van der Waals surface area (Å²) in [5, 5.41) is 13.1. The molecule has 0 aromatic heterocycles. The van der Waals surface area contributed by atoms with Gasteiger partial charge in [0.2, 0.25) is 9.84 Å². The first-order valence-corrected chi connectivity index (χ1v) is 11.9. The van der Waals surface area contributed by atoms with Gasteiger partial charge in [-0.25, -0.2) is 13.2 Å². The largest absolute Gasteiger partial charge is 0.478 e. The molecule has 32 heavy (non-hydrogen) atoms. The fourth-order valence-corrected chi connectivity index (χ4v) is 5.91. The molecule has 0 saturated carbocycles. The Labute approximate surface area is 187 Å². The summed E-state index contributed by atoms with van der Waals surface area (Å²) < 4.78 is 25.8. The molecule has 166 valence electrons. The SMILES string of the molecule is CC1=C(C(=O)O)C(c2ccc(S(=O)(=O)c3ccccc3)cc2)C2=C(CC(C)(C)CC2=O)N1. The Morgan fingerprint density at radius 2 is 1.59 bits per heavy atom. The molecule has 0 saturated heterocycles. The van der Waals surface area contributed by atoms with E-state index in [-0.39, 0.29) is 26.6 Å². The van der Waals surface area contributed by atoms with Crippen molar-refractivity contribution >= 4 is 21.6 Å². The average molecular weight is 452 g/mol. The van der Waals surface area contributed by atoms with Crippen LogP contribution in [0.1, 0.15) is 45.1 Å². The first kappa shape index (κ1) is 22.0. The van der Waals surface area contributed by atoms with Crippen LogP contribution in [-0.2, 0) is 19.4 Å². The summed E-state index contributed by atoms with van der Waals surface area (Å²) in [7, 11) is -3.70. The highest BCUT2D eigenvalue weighted by atomic mass is 32.2. The minimum Gasteiger partial charge on any atom is -0.478 e. The molecular formula is C25H25NO5S. The van der Waals surface area contributed by atoms with E-state index < -0.39 is 21.7 Å². The van der Waals surface area contributed by atoms with Gasteiger partial charge >= 0.3 is 5.97 Å². The molecule has 2 aliphatic rings. The number of sulfone groups is 1. The third kappa shape index (κ3) is 3.77. The zero-order chi connectivity index (χ0) is 23.3. The van der Waals surface area contributed by atoms with Gasteiger partial charge in [-0.2, -0.15) is 0 Å². The molecule has 2 aromatic rings. The van der Waals surface area contributed by atoms with E-state index in [0.717, 1.165) is 5.70 Å². The van der Waals surface area contributed by atoms with Crippen molar-refractivity contribution in [3.63, 3.8) is 0 Å². The van der Waals surface area contributed by atoms with Crippen LogP contribution >= 0.6 is 0 Å². The number of benzene rings is 2. The maximum atomic E-state index is 13.1. The number of dihydropyridines is 1. The van der Waals surface area contributed by atoms with Gasteiger partial charge < -0.3 is 10.4 Å². The second kappa shape index (κ2) is 7.74. The Kier molecular flexibility index (Phi) is 5.33. The van der Waals surface area contributed by atoms with Crippen LogP contribution in [0, 0.1) is 5.41 Å². The van der Waals surface area contributed by atoms with E-state index in [1.807, 2.05) is 13.8 Å². The predicted molar refractivity (Wildman–Crippen MR) is 120 cm³/mol. The molecule has 0 radical (unpaired) electrons. The van der Waals surface area contributed by atoms with Crippen molar-refractivity contribution in [2.24, 2.45) is 5.41 Å². The van der Waals surface area contributed by atoms with Crippen molar-refractivity contribution in [2.75, 3.05) is 0 Å². The van der Waals surface area contributed by atoms with E-state index in [1.54, 1.807) is 37.3 Å². The molecule has 7 heteroatoms. The zero-order valence-electron chi connectivity index (χ0n) is 18.2. The molecule has 1 aliphatic carbocycles. The molecule has 0 amide bonds. The highest BCUT2D eigenvalue weighted by Gasteiger charge is 2.42. The van der Waals surface area contributed by atoms with E-state index in [4.69, 9.17) is 0 Å². The summed E-state index contributed by atoms with van der Waals surface area (Å²) in [6, 6.07) is 14.3.